The third-order valence-corrected chi connectivity index (χ3v) is 4.65. The highest BCUT2D eigenvalue weighted by atomic mass is 19.1. The first-order valence-electron chi connectivity index (χ1n) is 9.18. The second kappa shape index (κ2) is 7.36. The number of imidazole rings is 1. The van der Waals surface area contributed by atoms with Crippen LogP contribution >= 0.6 is 0 Å². The molecule has 27 heavy (non-hydrogen) atoms. The topological polar surface area (TPSA) is 41.6 Å². The van der Waals surface area contributed by atoms with E-state index >= 15 is 0 Å². The molecule has 0 atom stereocenters. The number of aromatic nitrogens is 2. The van der Waals surface area contributed by atoms with Crippen LogP contribution in [0.2, 0.25) is 0 Å². The van der Waals surface area contributed by atoms with E-state index in [0.29, 0.717) is 29.4 Å². The van der Waals surface area contributed by atoms with Gasteiger partial charge in [0.15, 0.2) is 5.69 Å². The van der Waals surface area contributed by atoms with Crippen molar-refractivity contribution in [2.75, 3.05) is 0 Å². The maximum atomic E-state index is 14.6. The molecule has 3 aromatic rings. The van der Waals surface area contributed by atoms with Crippen LogP contribution in [-0.4, -0.2) is 9.55 Å². The molecule has 0 spiro atoms. The molecule has 3 nitrogen and oxygen atoms in total. The lowest BCUT2D eigenvalue weighted by Crippen LogP contribution is -2.10. The van der Waals surface area contributed by atoms with Crippen LogP contribution in [-0.2, 0) is 6.42 Å². The van der Waals surface area contributed by atoms with E-state index in [1.165, 1.54) is 11.6 Å². The van der Waals surface area contributed by atoms with Gasteiger partial charge in [0.05, 0.1) is 16.9 Å². The number of benzene rings is 2. The van der Waals surface area contributed by atoms with E-state index in [9.17, 15) is 9.65 Å². The minimum absolute atomic E-state index is 0.340. The van der Waals surface area contributed by atoms with E-state index in [1.54, 1.807) is 18.2 Å². The van der Waals surface area contributed by atoms with Crippen molar-refractivity contribution in [3.05, 3.63) is 70.3 Å². The predicted molar refractivity (Wildman–Crippen MR) is 106 cm³/mol. The molecule has 0 N–H and O–H groups in total. The highest BCUT2D eigenvalue weighted by Gasteiger charge is 2.24. The zero-order chi connectivity index (χ0) is 19.7. The molecule has 0 amide bonds. The van der Waals surface area contributed by atoms with E-state index in [1.807, 2.05) is 18.4 Å². The number of rotatable bonds is 4. The Morgan fingerprint density at radius 1 is 1.11 bits per heavy atom. The number of nitrogens with zero attached hydrogens (tertiary/aromatic N) is 3. The first-order chi connectivity index (χ1) is 12.8. The maximum Gasteiger partial charge on any atom is 0.162 e. The van der Waals surface area contributed by atoms with Gasteiger partial charge in [-0.1, -0.05) is 43.7 Å². The molecule has 0 unspecified atom stereocenters. The molecule has 0 saturated heterocycles. The lowest BCUT2D eigenvalue weighted by molar-refractivity contribution is 0.622. The van der Waals surface area contributed by atoms with Crippen LogP contribution in [0.15, 0.2) is 36.4 Å². The van der Waals surface area contributed by atoms with Crippen LogP contribution < -0.4 is 0 Å². The number of hydrogen-bond acceptors (Lipinski definition) is 2. The normalized spacial score (nSPS) is 11.0. The van der Waals surface area contributed by atoms with Gasteiger partial charge in [-0.25, -0.2) is 9.37 Å². The average Bonchev–Trinajstić information content (AvgIpc) is 2.92. The van der Waals surface area contributed by atoms with Crippen LogP contribution in [0.25, 0.3) is 17.1 Å². The number of hydrogen-bond donors (Lipinski definition) is 0. The molecule has 3 rings (SSSR count). The molecule has 0 aliphatic carbocycles. The van der Waals surface area contributed by atoms with Crippen molar-refractivity contribution in [2.45, 2.75) is 41.0 Å². The zero-order valence-electron chi connectivity index (χ0n) is 16.5. The van der Waals surface area contributed by atoms with Crippen molar-refractivity contribution in [3.63, 3.8) is 0 Å². The molecular formula is C23H24FN3. The minimum Gasteiger partial charge on any atom is -0.295 e. The summed E-state index contributed by atoms with van der Waals surface area (Å²) in [5.41, 5.74) is 5.91. The molecule has 0 saturated carbocycles. The van der Waals surface area contributed by atoms with Crippen LogP contribution in [0.5, 0.6) is 0 Å². The van der Waals surface area contributed by atoms with Crippen molar-refractivity contribution in [3.8, 4) is 23.1 Å². The zero-order valence-corrected chi connectivity index (χ0v) is 16.5. The SMILES string of the molecule is Cc1cc(C)c(-n2c(-c3ccccc3F)nc(C#N)c2CC(C)C)c(C)c1. The largest absolute Gasteiger partial charge is 0.295 e. The van der Waals surface area contributed by atoms with Crippen molar-refractivity contribution in [1.29, 1.82) is 5.26 Å². The van der Waals surface area contributed by atoms with Gasteiger partial charge < -0.3 is 0 Å². The van der Waals surface area contributed by atoms with E-state index < -0.39 is 0 Å². The number of aryl methyl sites for hydroxylation is 3. The predicted octanol–water partition coefficient (Wildman–Crippen LogP) is 5.67. The first kappa shape index (κ1) is 18.8. The van der Waals surface area contributed by atoms with Crippen LogP contribution in [0, 0.1) is 43.8 Å². The standard InChI is InChI=1S/C23H24FN3/c1-14(2)10-21-20(13-25)26-23(18-8-6-7-9-19(18)24)27(21)22-16(4)11-15(3)12-17(22)5/h6-9,11-12,14H,10H2,1-5H3. The van der Waals surface area contributed by atoms with E-state index in [4.69, 9.17) is 0 Å². The smallest absolute Gasteiger partial charge is 0.162 e. The molecule has 1 aromatic heterocycles. The summed E-state index contributed by atoms with van der Waals surface area (Å²) in [6.45, 7) is 10.4. The van der Waals surface area contributed by atoms with Gasteiger partial charge in [0.1, 0.15) is 17.7 Å². The van der Waals surface area contributed by atoms with Gasteiger partial charge in [-0.05, 0) is 56.4 Å². The minimum atomic E-state index is -0.341. The molecule has 0 aliphatic rings. The molecule has 4 heteroatoms. The third kappa shape index (κ3) is 3.50. The summed E-state index contributed by atoms with van der Waals surface area (Å²) < 4.78 is 16.6. The number of halogens is 1. The summed E-state index contributed by atoms with van der Waals surface area (Å²) in [6, 6.07) is 13.0. The molecule has 0 radical (unpaired) electrons. The lowest BCUT2D eigenvalue weighted by Gasteiger charge is -2.19. The second-order valence-corrected chi connectivity index (χ2v) is 7.50. The van der Waals surface area contributed by atoms with Crippen molar-refractivity contribution in [2.24, 2.45) is 5.92 Å². The second-order valence-electron chi connectivity index (χ2n) is 7.50. The molecule has 2 aromatic carbocycles. The van der Waals surface area contributed by atoms with Gasteiger partial charge in [0.2, 0.25) is 0 Å². The van der Waals surface area contributed by atoms with Gasteiger partial charge in [0.25, 0.3) is 0 Å². The molecule has 1 heterocycles. The number of nitriles is 1. The summed E-state index contributed by atoms with van der Waals surface area (Å²) in [6.07, 6.45) is 0.692. The average molecular weight is 361 g/mol. The summed E-state index contributed by atoms with van der Waals surface area (Å²) >= 11 is 0. The van der Waals surface area contributed by atoms with Crippen LogP contribution in [0.3, 0.4) is 0 Å². The first-order valence-corrected chi connectivity index (χ1v) is 9.18. The van der Waals surface area contributed by atoms with Crippen LogP contribution in [0.4, 0.5) is 4.39 Å². The Morgan fingerprint density at radius 2 is 1.74 bits per heavy atom. The van der Waals surface area contributed by atoms with Gasteiger partial charge in [-0.2, -0.15) is 5.26 Å². The Morgan fingerprint density at radius 3 is 2.30 bits per heavy atom. The summed E-state index contributed by atoms with van der Waals surface area (Å²) in [4.78, 5) is 4.56. The maximum absolute atomic E-state index is 14.6. The fourth-order valence-electron chi connectivity index (χ4n) is 3.71. The molecule has 0 aliphatic heterocycles. The summed E-state index contributed by atoms with van der Waals surface area (Å²) in [5, 5.41) is 9.70. The highest BCUT2D eigenvalue weighted by molar-refractivity contribution is 5.65. The Hall–Kier alpha value is -2.93. The quantitative estimate of drug-likeness (QED) is 0.600. The third-order valence-electron chi connectivity index (χ3n) is 4.65. The van der Waals surface area contributed by atoms with Gasteiger partial charge >= 0.3 is 0 Å². The summed E-state index contributed by atoms with van der Waals surface area (Å²) in [5.74, 6) is 0.481. The Labute approximate surface area is 160 Å². The highest BCUT2D eigenvalue weighted by Crippen LogP contribution is 2.33. The Kier molecular flexibility index (Phi) is 5.14. The molecular weight excluding hydrogens is 337 g/mol. The van der Waals surface area contributed by atoms with Gasteiger partial charge in [-0.3, -0.25) is 4.57 Å². The van der Waals surface area contributed by atoms with Gasteiger partial charge in [-0.15, -0.1) is 0 Å². The fraction of sp³-hybridized carbons (Fsp3) is 0.304. The fourth-order valence-corrected chi connectivity index (χ4v) is 3.71. The van der Waals surface area contributed by atoms with Crippen LogP contribution in [0.1, 0.15) is 41.9 Å². The van der Waals surface area contributed by atoms with Crippen molar-refractivity contribution >= 4 is 0 Å². The molecule has 0 bridgehead atoms. The molecule has 138 valence electrons. The van der Waals surface area contributed by atoms with Gasteiger partial charge in [0, 0.05) is 0 Å². The van der Waals surface area contributed by atoms with E-state index in [2.05, 4.69) is 44.0 Å². The molecule has 0 fully saturated rings. The Balaban J connectivity index is 2.42. The summed E-state index contributed by atoms with van der Waals surface area (Å²) in [7, 11) is 0. The van der Waals surface area contributed by atoms with E-state index in [0.717, 1.165) is 22.5 Å². The van der Waals surface area contributed by atoms with E-state index in [-0.39, 0.29) is 5.82 Å². The monoisotopic (exact) mass is 361 g/mol. The Bertz CT molecular complexity index is 1020. The van der Waals surface area contributed by atoms with Crippen molar-refractivity contribution < 1.29 is 4.39 Å². The lowest BCUT2D eigenvalue weighted by atomic mass is 10.0. The van der Waals surface area contributed by atoms with Crippen molar-refractivity contribution in [1.82, 2.24) is 9.55 Å².